The number of ketones is 1. The molecule has 0 aliphatic carbocycles. The second kappa shape index (κ2) is 6.97. The molecule has 130 valence electrons. The highest BCUT2D eigenvalue weighted by molar-refractivity contribution is 7.13. The van der Waals surface area contributed by atoms with E-state index in [0.29, 0.717) is 22.0 Å². The van der Waals surface area contributed by atoms with Gasteiger partial charge in [0.25, 0.3) is 0 Å². The van der Waals surface area contributed by atoms with Gasteiger partial charge in [0.1, 0.15) is 5.82 Å². The number of carbonyl (C=O) groups excluding carboxylic acids is 1. The van der Waals surface area contributed by atoms with Gasteiger partial charge in [-0.2, -0.15) is 0 Å². The van der Waals surface area contributed by atoms with Crippen LogP contribution in [-0.2, 0) is 6.42 Å². The van der Waals surface area contributed by atoms with Gasteiger partial charge >= 0.3 is 0 Å². The van der Waals surface area contributed by atoms with E-state index in [1.165, 1.54) is 17.4 Å². The predicted octanol–water partition coefficient (Wildman–Crippen LogP) is 5.07. The standard InChI is InChI=1S/C19H13ClFN3OS/c20-14-4-3-5-15(21)13(14)7-8-16(25)12-10-17(26-11-12)19-23-22-18-6-1-2-9-24(18)19/h1-6,9-11H,7-8H2. The summed E-state index contributed by atoms with van der Waals surface area (Å²) >= 11 is 7.45. The van der Waals surface area contributed by atoms with E-state index in [2.05, 4.69) is 10.2 Å². The van der Waals surface area contributed by atoms with E-state index in [0.717, 1.165) is 10.5 Å². The van der Waals surface area contributed by atoms with Gasteiger partial charge < -0.3 is 0 Å². The molecule has 7 heteroatoms. The normalized spacial score (nSPS) is 11.2. The van der Waals surface area contributed by atoms with E-state index < -0.39 is 0 Å². The second-order valence-corrected chi connectivity index (χ2v) is 7.09. The number of fused-ring (bicyclic) bond motifs is 1. The van der Waals surface area contributed by atoms with Crippen LogP contribution < -0.4 is 0 Å². The van der Waals surface area contributed by atoms with E-state index in [9.17, 15) is 9.18 Å². The van der Waals surface area contributed by atoms with E-state index in [1.54, 1.807) is 23.6 Å². The minimum absolute atomic E-state index is 0.0550. The van der Waals surface area contributed by atoms with E-state index >= 15 is 0 Å². The Labute approximate surface area is 157 Å². The van der Waals surface area contributed by atoms with Crippen molar-refractivity contribution >= 4 is 34.4 Å². The first-order chi connectivity index (χ1) is 12.6. The summed E-state index contributed by atoms with van der Waals surface area (Å²) in [6.45, 7) is 0. The third-order valence-corrected chi connectivity index (χ3v) is 5.40. The highest BCUT2D eigenvalue weighted by atomic mass is 35.5. The molecule has 4 nitrogen and oxygen atoms in total. The fourth-order valence-corrected chi connectivity index (χ4v) is 3.91. The maximum atomic E-state index is 13.8. The van der Waals surface area contributed by atoms with Crippen LogP contribution in [0.15, 0.2) is 54.0 Å². The molecule has 0 bridgehead atoms. The van der Waals surface area contributed by atoms with E-state index in [4.69, 9.17) is 11.6 Å². The highest BCUT2D eigenvalue weighted by Gasteiger charge is 2.15. The fraction of sp³-hybridized carbons (Fsp3) is 0.105. The maximum absolute atomic E-state index is 13.8. The maximum Gasteiger partial charge on any atom is 0.178 e. The molecule has 0 saturated heterocycles. The number of rotatable bonds is 5. The molecule has 0 spiro atoms. The van der Waals surface area contributed by atoms with Gasteiger partial charge in [-0.25, -0.2) is 4.39 Å². The van der Waals surface area contributed by atoms with Crippen LogP contribution in [0.1, 0.15) is 22.3 Å². The number of nitrogens with zero attached hydrogens (tertiary/aromatic N) is 3. The Hall–Kier alpha value is -2.57. The minimum Gasteiger partial charge on any atom is -0.294 e. The number of thiophene rings is 1. The monoisotopic (exact) mass is 385 g/mol. The molecule has 0 radical (unpaired) electrons. The average molecular weight is 386 g/mol. The zero-order valence-corrected chi connectivity index (χ0v) is 15.1. The number of aromatic nitrogens is 3. The van der Waals surface area contributed by atoms with Gasteiger partial charge in [0.2, 0.25) is 0 Å². The second-order valence-electron chi connectivity index (χ2n) is 5.78. The van der Waals surface area contributed by atoms with Crippen molar-refractivity contribution in [3.63, 3.8) is 0 Å². The zero-order chi connectivity index (χ0) is 18.1. The van der Waals surface area contributed by atoms with Crippen LogP contribution in [0.2, 0.25) is 5.02 Å². The molecule has 0 N–H and O–H groups in total. The Morgan fingerprint density at radius 3 is 2.92 bits per heavy atom. The molecular weight excluding hydrogens is 373 g/mol. The van der Waals surface area contributed by atoms with Crippen molar-refractivity contribution in [3.8, 4) is 10.7 Å². The fourth-order valence-electron chi connectivity index (χ4n) is 2.76. The summed E-state index contributed by atoms with van der Waals surface area (Å²) in [4.78, 5) is 13.3. The highest BCUT2D eigenvalue weighted by Crippen LogP contribution is 2.28. The minimum atomic E-state index is -0.383. The molecule has 26 heavy (non-hydrogen) atoms. The lowest BCUT2D eigenvalue weighted by atomic mass is 10.0. The quantitative estimate of drug-likeness (QED) is 0.451. The van der Waals surface area contributed by atoms with Crippen LogP contribution in [0.4, 0.5) is 4.39 Å². The SMILES string of the molecule is O=C(CCc1c(F)cccc1Cl)c1csc(-c2nnc3ccccn23)c1. The Kier molecular flexibility index (Phi) is 4.53. The first-order valence-electron chi connectivity index (χ1n) is 7.98. The number of hydrogen-bond donors (Lipinski definition) is 0. The van der Waals surface area contributed by atoms with Crippen molar-refractivity contribution in [1.29, 1.82) is 0 Å². The van der Waals surface area contributed by atoms with Gasteiger partial charge in [0, 0.05) is 34.1 Å². The molecule has 0 saturated carbocycles. The largest absolute Gasteiger partial charge is 0.294 e. The van der Waals surface area contributed by atoms with Crippen LogP contribution in [0.25, 0.3) is 16.3 Å². The van der Waals surface area contributed by atoms with Crippen LogP contribution in [0, 0.1) is 5.82 Å². The number of hydrogen-bond acceptors (Lipinski definition) is 4. The molecule has 0 aliphatic rings. The Bertz CT molecular complexity index is 1080. The number of Topliss-reactive ketones (excluding diaryl/α,β-unsaturated/α-hetero) is 1. The predicted molar refractivity (Wildman–Crippen MR) is 100 cm³/mol. The number of pyridine rings is 1. The van der Waals surface area contributed by atoms with Gasteiger partial charge in [-0.3, -0.25) is 9.20 Å². The molecule has 3 aromatic heterocycles. The Balaban J connectivity index is 1.53. The summed E-state index contributed by atoms with van der Waals surface area (Å²) < 4.78 is 15.7. The molecule has 3 heterocycles. The summed E-state index contributed by atoms with van der Waals surface area (Å²) in [5, 5.41) is 10.5. The van der Waals surface area contributed by atoms with Gasteiger partial charge in [0.15, 0.2) is 17.3 Å². The van der Waals surface area contributed by atoms with Crippen molar-refractivity contribution in [3.05, 3.63) is 76.0 Å². The third-order valence-electron chi connectivity index (χ3n) is 4.12. The van der Waals surface area contributed by atoms with Crippen LogP contribution in [-0.4, -0.2) is 20.4 Å². The summed E-state index contributed by atoms with van der Waals surface area (Å²) in [5.74, 6) is 0.258. The van der Waals surface area contributed by atoms with E-state index in [1.807, 2.05) is 28.8 Å². The lowest BCUT2D eigenvalue weighted by Crippen LogP contribution is -2.01. The molecule has 0 aliphatic heterocycles. The summed E-state index contributed by atoms with van der Waals surface area (Å²) in [6, 6.07) is 12.0. The van der Waals surface area contributed by atoms with Crippen LogP contribution in [0.5, 0.6) is 0 Å². The zero-order valence-electron chi connectivity index (χ0n) is 13.5. The smallest absolute Gasteiger partial charge is 0.178 e. The molecular formula is C19H13ClFN3OS. The lowest BCUT2D eigenvalue weighted by Gasteiger charge is -2.04. The number of benzene rings is 1. The molecule has 0 amide bonds. The molecule has 0 atom stereocenters. The Morgan fingerprint density at radius 2 is 2.08 bits per heavy atom. The molecule has 4 rings (SSSR count). The number of carbonyl (C=O) groups is 1. The van der Waals surface area contributed by atoms with Gasteiger partial charge in [-0.15, -0.1) is 21.5 Å². The van der Waals surface area contributed by atoms with Crippen LogP contribution in [0.3, 0.4) is 0 Å². The first kappa shape index (κ1) is 16.9. The Morgan fingerprint density at radius 1 is 1.19 bits per heavy atom. The van der Waals surface area contributed by atoms with Crippen molar-refractivity contribution < 1.29 is 9.18 Å². The molecule has 0 unspecified atom stereocenters. The topological polar surface area (TPSA) is 47.3 Å². The van der Waals surface area contributed by atoms with Gasteiger partial charge in [-0.1, -0.05) is 23.7 Å². The average Bonchev–Trinajstić information content (AvgIpc) is 3.28. The summed E-state index contributed by atoms with van der Waals surface area (Å²) in [7, 11) is 0. The van der Waals surface area contributed by atoms with Crippen molar-refractivity contribution in [2.24, 2.45) is 0 Å². The van der Waals surface area contributed by atoms with Crippen LogP contribution >= 0.6 is 22.9 Å². The molecule has 0 fully saturated rings. The van der Waals surface area contributed by atoms with Gasteiger partial charge in [0.05, 0.1) is 4.88 Å². The first-order valence-corrected chi connectivity index (χ1v) is 9.24. The number of halogens is 2. The lowest BCUT2D eigenvalue weighted by molar-refractivity contribution is 0.0983. The van der Waals surface area contributed by atoms with Crippen molar-refractivity contribution in [1.82, 2.24) is 14.6 Å². The summed E-state index contributed by atoms with van der Waals surface area (Å²) in [6.07, 6.45) is 2.34. The van der Waals surface area contributed by atoms with Crippen molar-refractivity contribution in [2.75, 3.05) is 0 Å². The molecule has 4 aromatic rings. The third kappa shape index (κ3) is 3.13. The van der Waals surface area contributed by atoms with Gasteiger partial charge in [-0.05, 0) is 36.8 Å². The van der Waals surface area contributed by atoms with Crippen molar-refractivity contribution in [2.45, 2.75) is 12.8 Å². The molecule has 1 aromatic carbocycles. The summed E-state index contributed by atoms with van der Waals surface area (Å²) in [5.41, 5.74) is 1.71. The van der Waals surface area contributed by atoms with E-state index in [-0.39, 0.29) is 24.4 Å².